The molecule has 0 aromatic rings. The first-order chi connectivity index (χ1) is 9.25. The summed E-state index contributed by atoms with van der Waals surface area (Å²) < 4.78 is 30.2. The van der Waals surface area contributed by atoms with Crippen LogP contribution in [-0.2, 0) is 19.6 Å². The molecule has 0 aromatic heterocycles. The molecule has 1 N–H and O–H groups in total. The second-order valence-corrected chi connectivity index (χ2v) is 8.04. The number of ether oxygens (including phenoxy) is 1. The largest absolute Gasteiger partial charge is 0.481 e. The summed E-state index contributed by atoms with van der Waals surface area (Å²) in [5.74, 6) is -0.724. The van der Waals surface area contributed by atoms with Crippen LogP contribution in [0.15, 0.2) is 0 Å². The summed E-state index contributed by atoms with van der Waals surface area (Å²) in [6, 6.07) is 0. The minimum absolute atomic E-state index is 0.0960. The van der Waals surface area contributed by atoms with Crippen molar-refractivity contribution in [2.24, 2.45) is 11.3 Å². The molecule has 2 heterocycles. The first-order valence-electron chi connectivity index (χ1n) is 7.06. The second-order valence-electron chi connectivity index (χ2n) is 6.06. The average Bonchev–Trinajstić information content (AvgIpc) is 2.71. The van der Waals surface area contributed by atoms with Gasteiger partial charge in [-0.05, 0) is 38.5 Å². The summed E-state index contributed by atoms with van der Waals surface area (Å²) in [5.41, 5.74) is -0.856. The highest BCUT2D eigenvalue weighted by atomic mass is 32.2. The van der Waals surface area contributed by atoms with E-state index in [4.69, 9.17) is 4.74 Å². The third-order valence-electron chi connectivity index (χ3n) is 4.72. The van der Waals surface area contributed by atoms with Crippen molar-refractivity contribution in [2.45, 2.75) is 38.7 Å². The molecule has 3 unspecified atom stereocenters. The minimum atomic E-state index is -3.19. The summed E-state index contributed by atoms with van der Waals surface area (Å²) in [6.07, 6.45) is 3.59. The molecular weight excluding hydrogens is 282 g/mol. The predicted octanol–water partition coefficient (Wildman–Crippen LogP) is 0.928. The third-order valence-corrected chi connectivity index (χ3v) is 5.99. The van der Waals surface area contributed by atoms with Gasteiger partial charge in [-0.25, -0.2) is 12.7 Å². The molecule has 3 atom stereocenters. The highest BCUT2D eigenvalue weighted by Crippen LogP contribution is 2.42. The van der Waals surface area contributed by atoms with Crippen molar-refractivity contribution in [2.75, 3.05) is 26.0 Å². The van der Waals surface area contributed by atoms with Crippen LogP contribution >= 0.6 is 0 Å². The Hall–Kier alpha value is -0.660. The number of carboxylic acid groups (broad SMARTS) is 1. The summed E-state index contributed by atoms with van der Waals surface area (Å²) in [4.78, 5) is 11.7. The molecule has 2 fully saturated rings. The number of sulfonamides is 1. The maximum atomic E-state index is 11.7. The van der Waals surface area contributed by atoms with Crippen molar-refractivity contribution >= 4 is 16.0 Å². The summed E-state index contributed by atoms with van der Waals surface area (Å²) in [7, 11) is -3.19. The Morgan fingerprint density at radius 3 is 2.70 bits per heavy atom. The van der Waals surface area contributed by atoms with Crippen molar-refractivity contribution in [3.8, 4) is 0 Å². The molecule has 0 saturated carbocycles. The van der Waals surface area contributed by atoms with Gasteiger partial charge < -0.3 is 9.84 Å². The molecule has 0 bridgehead atoms. The lowest BCUT2D eigenvalue weighted by atomic mass is 9.73. The van der Waals surface area contributed by atoms with E-state index in [1.807, 2.05) is 0 Å². The smallest absolute Gasteiger partial charge is 0.312 e. The molecule has 0 radical (unpaired) electrons. The number of aliphatic carboxylic acids is 1. The van der Waals surface area contributed by atoms with Gasteiger partial charge >= 0.3 is 5.97 Å². The van der Waals surface area contributed by atoms with Gasteiger partial charge in [-0.1, -0.05) is 0 Å². The summed E-state index contributed by atoms with van der Waals surface area (Å²) in [5, 5.41) is 9.58. The van der Waals surface area contributed by atoms with E-state index in [0.717, 1.165) is 12.8 Å². The fourth-order valence-electron chi connectivity index (χ4n) is 3.43. The van der Waals surface area contributed by atoms with Gasteiger partial charge in [0.05, 0.1) is 17.8 Å². The van der Waals surface area contributed by atoms with Gasteiger partial charge in [0.25, 0.3) is 0 Å². The lowest BCUT2D eigenvalue weighted by Crippen LogP contribution is -2.44. The SMILES string of the molecule is CC1OCCC1(CC1CCCN(S(C)(=O)=O)C1)C(=O)O. The maximum absolute atomic E-state index is 11.7. The third kappa shape index (κ3) is 2.99. The summed E-state index contributed by atoms with van der Waals surface area (Å²) >= 11 is 0. The first-order valence-corrected chi connectivity index (χ1v) is 8.90. The van der Waals surface area contributed by atoms with Gasteiger partial charge in [-0.15, -0.1) is 0 Å². The highest BCUT2D eigenvalue weighted by Gasteiger charge is 2.49. The fourth-order valence-corrected chi connectivity index (χ4v) is 4.37. The minimum Gasteiger partial charge on any atom is -0.481 e. The Kier molecular flexibility index (Phi) is 4.41. The first kappa shape index (κ1) is 15.7. The number of carboxylic acids is 1. The van der Waals surface area contributed by atoms with Gasteiger partial charge in [0, 0.05) is 19.7 Å². The van der Waals surface area contributed by atoms with Crippen LogP contribution in [-0.4, -0.2) is 55.9 Å². The van der Waals surface area contributed by atoms with Gasteiger partial charge in [0.15, 0.2) is 0 Å². The fraction of sp³-hybridized carbons (Fsp3) is 0.923. The van der Waals surface area contributed by atoms with Crippen molar-refractivity contribution in [1.82, 2.24) is 4.31 Å². The van der Waals surface area contributed by atoms with Gasteiger partial charge in [-0.3, -0.25) is 4.79 Å². The van der Waals surface area contributed by atoms with E-state index in [0.29, 0.717) is 32.5 Å². The van der Waals surface area contributed by atoms with Gasteiger partial charge in [0.2, 0.25) is 10.0 Å². The molecule has 6 nitrogen and oxygen atoms in total. The average molecular weight is 305 g/mol. The Morgan fingerprint density at radius 2 is 2.20 bits per heavy atom. The monoisotopic (exact) mass is 305 g/mol. The molecule has 2 saturated heterocycles. The molecule has 2 rings (SSSR count). The molecule has 7 heteroatoms. The van der Waals surface area contributed by atoms with Crippen LogP contribution in [0.1, 0.15) is 32.6 Å². The number of hydrogen-bond acceptors (Lipinski definition) is 4. The van der Waals surface area contributed by atoms with E-state index in [2.05, 4.69) is 0 Å². The van der Waals surface area contributed by atoms with Crippen LogP contribution in [0.4, 0.5) is 0 Å². The Bertz CT molecular complexity index is 477. The number of carbonyl (C=O) groups is 1. The zero-order valence-electron chi connectivity index (χ0n) is 12.0. The normalized spacial score (nSPS) is 36.1. The number of nitrogens with zero attached hydrogens (tertiary/aromatic N) is 1. The van der Waals surface area contributed by atoms with Crippen LogP contribution in [0.3, 0.4) is 0 Å². The Balaban J connectivity index is 2.10. The molecule has 2 aliphatic rings. The van der Waals surface area contributed by atoms with Crippen molar-refractivity contribution in [1.29, 1.82) is 0 Å². The van der Waals surface area contributed by atoms with Crippen molar-refractivity contribution in [3.05, 3.63) is 0 Å². The van der Waals surface area contributed by atoms with E-state index >= 15 is 0 Å². The second kappa shape index (κ2) is 5.61. The van der Waals surface area contributed by atoms with Crippen molar-refractivity contribution in [3.63, 3.8) is 0 Å². The van der Waals surface area contributed by atoms with E-state index in [1.54, 1.807) is 6.92 Å². The van der Waals surface area contributed by atoms with E-state index in [-0.39, 0.29) is 12.0 Å². The lowest BCUT2D eigenvalue weighted by molar-refractivity contribution is -0.153. The zero-order valence-corrected chi connectivity index (χ0v) is 12.9. The molecule has 0 amide bonds. The molecule has 0 aromatic carbocycles. The number of piperidine rings is 1. The Labute approximate surface area is 120 Å². The molecule has 2 aliphatic heterocycles. The molecule has 116 valence electrons. The van der Waals surface area contributed by atoms with E-state index in [1.165, 1.54) is 10.6 Å². The van der Waals surface area contributed by atoms with Crippen molar-refractivity contribution < 1.29 is 23.1 Å². The quantitative estimate of drug-likeness (QED) is 0.835. The lowest BCUT2D eigenvalue weighted by Gasteiger charge is -2.36. The van der Waals surface area contributed by atoms with Crippen LogP contribution in [0.25, 0.3) is 0 Å². The Morgan fingerprint density at radius 1 is 1.50 bits per heavy atom. The topological polar surface area (TPSA) is 83.9 Å². The summed E-state index contributed by atoms with van der Waals surface area (Å²) in [6.45, 7) is 3.25. The molecule has 0 aliphatic carbocycles. The maximum Gasteiger partial charge on any atom is 0.312 e. The van der Waals surface area contributed by atoms with Gasteiger partial charge in [0.1, 0.15) is 0 Å². The highest BCUT2D eigenvalue weighted by molar-refractivity contribution is 7.88. The molecule has 0 spiro atoms. The van der Waals surface area contributed by atoms with Crippen LogP contribution < -0.4 is 0 Å². The number of hydrogen-bond donors (Lipinski definition) is 1. The number of rotatable bonds is 4. The van der Waals surface area contributed by atoms with Gasteiger partial charge in [-0.2, -0.15) is 0 Å². The van der Waals surface area contributed by atoms with Crippen LogP contribution in [0.5, 0.6) is 0 Å². The standard InChI is InChI=1S/C13H23NO5S/c1-10-13(12(15)16,5-7-19-10)8-11-4-3-6-14(9-11)20(2,17)18/h10-11H,3-9H2,1-2H3,(H,15,16). The van der Waals surface area contributed by atoms with E-state index < -0.39 is 21.4 Å². The van der Waals surface area contributed by atoms with Crippen LogP contribution in [0, 0.1) is 11.3 Å². The molecular formula is C13H23NO5S. The van der Waals surface area contributed by atoms with E-state index in [9.17, 15) is 18.3 Å². The zero-order chi connectivity index (χ0) is 15.0. The predicted molar refractivity (Wildman–Crippen MR) is 73.9 cm³/mol. The molecule has 20 heavy (non-hydrogen) atoms. The van der Waals surface area contributed by atoms with Crippen LogP contribution in [0.2, 0.25) is 0 Å².